The van der Waals surface area contributed by atoms with Crippen molar-refractivity contribution in [2.75, 3.05) is 18.9 Å². The molecule has 6 heteroatoms. The fourth-order valence-electron chi connectivity index (χ4n) is 2.28. The fraction of sp³-hybridized carbons (Fsp3) is 0.357. The number of nitrogens with two attached hydrogens (primary N) is 1. The molecule has 0 amide bonds. The summed E-state index contributed by atoms with van der Waals surface area (Å²) >= 11 is 0. The van der Waals surface area contributed by atoms with E-state index >= 15 is 0 Å². The molecule has 3 rings (SSSR count). The minimum atomic E-state index is -1.52. The van der Waals surface area contributed by atoms with Crippen molar-refractivity contribution in [2.45, 2.75) is 19.5 Å². The predicted molar refractivity (Wildman–Crippen MR) is 73.6 cm³/mol. The van der Waals surface area contributed by atoms with Crippen LogP contribution in [0.15, 0.2) is 18.2 Å². The van der Waals surface area contributed by atoms with E-state index in [-0.39, 0.29) is 0 Å². The number of fused-ring (bicyclic) bond motifs is 1. The topological polar surface area (TPSA) is 73.2 Å². The van der Waals surface area contributed by atoms with Crippen molar-refractivity contribution in [2.24, 2.45) is 0 Å². The van der Waals surface area contributed by atoms with Gasteiger partial charge in [-0.3, -0.25) is 5.10 Å². The van der Waals surface area contributed by atoms with E-state index in [0.717, 1.165) is 0 Å². The lowest BCUT2D eigenvalue weighted by atomic mass is 9.92. The fourth-order valence-corrected chi connectivity index (χ4v) is 2.28. The molecule has 0 unspecified atom stereocenters. The van der Waals surface area contributed by atoms with Gasteiger partial charge in [0.15, 0.2) is 11.5 Å². The zero-order valence-corrected chi connectivity index (χ0v) is 11.4. The molecule has 0 fully saturated rings. The van der Waals surface area contributed by atoms with Gasteiger partial charge in [0.25, 0.3) is 0 Å². The van der Waals surface area contributed by atoms with Crippen LogP contribution in [-0.2, 0) is 5.67 Å². The van der Waals surface area contributed by atoms with Crippen LogP contribution in [0.1, 0.15) is 19.4 Å². The van der Waals surface area contributed by atoms with Crippen LogP contribution in [0.25, 0.3) is 11.3 Å². The number of nitrogen functional groups attached to an aromatic ring is 1. The summed E-state index contributed by atoms with van der Waals surface area (Å²) in [6.07, 6.45) is 0. The monoisotopic (exact) mass is 277 g/mol. The molecule has 20 heavy (non-hydrogen) atoms. The molecule has 1 aliphatic rings. The SMILES string of the molecule is CC(C)(F)c1cc2c(cc1-c1cc(N)n[nH]1)OCCO2. The summed E-state index contributed by atoms with van der Waals surface area (Å²) in [6.45, 7) is 3.95. The number of anilines is 1. The predicted octanol–water partition coefficient (Wildman–Crippen LogP) is 2.63. The van der Waals surface area contributed by atoms with E-state index < -0.39 is 5.67 Å². The lowest BCUT2D eigenvalue weighted by molar-refractivity contribution is 0.169. The summed E-state index contributed by atoms with van der Waals surface area (Å²) in [6, 6.07) is 5.11. The molecule has 1 aromatic carbocycles. The van der Waals surface area contributed by atoms with Gasteiger partial charge in [-0.25, -0.2) is 4.39 Å². The van der Waals surface area contributed by atoms with Gasteiger partial charge in [-0.15, -0.1) is 0 Å². The highest BCUT2D eigenvalue weighted by atomic mass is 19.1. The van der Waals surface area contributed by atoms with Crippen LogP contribution in [0.3, 0.4) is 0 Å². The van der Waals surface area contributed by atoms with Gasteiger partial charge in [-0.2, -0.15) is 5.10 Å². The number of aromatic amines is 1. The summed E-state index contributed by atoms with van der Waals surface area (Å²) in [5, 5.41) is 6.69. The van der Waals surface area contributed by atoms with Gasteiger partial charge < -0.3 is 15.2 Å². The lowest BCUT2D eigenvalue weighted by Crippen LogP contribution is -2.18. The van der Waals surface area contributed by atoms with Crippen LogP contribution in [0.5, 0.6) is 11.5 Å². The van der Waals surface area contributed by atoms with Crippen molar-refractivity contribution in [3.63, 3.8) is 0 Å². The van der Waals surface area contributed by atoms with Gasteiger partial charge in [0.05, 0.1) is 5.69 Å². The molecular formula is C14H16FN3O2. The minimum Gasteiger partial charge on any atom is -0.486 e. The Bertz CT molecular complexity index is 646. The van der Waals surface area contributed by atoms with Gasteiger partial charge in [-0.1, -0.05) is 0 Å². The molecule has 1 aromatic heterocycles. The van der Waals surface area contributed by atoms with E-state index in [1.54, 1.807) is 18.2 Å². The normalized spacial score (nSPS) is 14.3. The van der Waals surface area contributed by atoms with E-state index in [2.05, 4.69) is 10.2 Å². The molecule has 0 spiro atoms. The van der Waals surface area contributed by atoms with Crippen LogP contribution in [0.2, 0.25) is 0 Å². The smallest absolute Gasteiger partial charge is 0.162 e. The second-order valence-corrected chi connectivity index (χ2v) is 5.22. The third-order valence-electron chi connectivity index (χ3n) is 3.21. The maximum Gasteiger partial charge on any atom is 0.162 e. The number of halogens is 1. The number of nitrogens with zero attached hydrogens (tertiary/aromatic N) is 1. The summed E-state index contributed by atoms with van der Waals surface area (Å²) in [7, 11) is 0. The summed E-state index contributed by atoms with van der Waals surface area (Å²) in [5.41, 5.74) is 5.93. The first kappa shape index (κ1) is 12.8. The summed E-state index contributed by atoms with van der Waals surface area (Å²) in [5.74, 6) is 1.53. The van der Waals surface area contributed by atoms with Gasteiger partial charge in [-0.05, 0) is 26.0 Å². The molecule has 0 aliphatic carbocycles. The zero-order valence-electron chi connectivity index (χ0n) is 11.4. The zero-order chi connectivity index (χ0) is 14.3. The van der Waals surface area contributed by atoms with Crippen molar-refractivity contribution in [1.29, 1.82) is 0 Å². The number of hydrogen-bond donors (Lipinski definition) is 2. The molecule has 2 aromatic rings. The first-order valence-corrected chi connectivity index (χ1v) is 6.39. The molecule has 5 nitrogen and oxygen atoms in total. The second-order valence-electron chi connectivity index (χ2n) is 5.22. The third-order valence-corrected chi connectivity index (χ3v) is 3.21. The molecule has 0 atom stereocenters. The van der Waals surface area contributed by atoms with E-state index in [1.807, 2.05) is 0 Å². The Balaban J connectivity index is 2.20. The average molecular weight is 277 g/mol. The van der Waals surface area contributed by atoms with Gasteiger partial charge in [0, 0.05) is 17.2 Å². The highest BCUT2D eigenvalue weighted by molar-refractivity contribution is 5.71. The number of benzene rings is 1. The van der Waals surface area contributed by atoms with Crippen molar-refractivity contribution < 1.29 is 13.9 Å². The highest BCUT2D eigenvalue weighted by Crippen LogP contribution is 2.42. The largest absolute Gasteiger partial charge is 0.486 e. The van der Waals surface area contributed by atoms with Gasteiger partial charge >= 0.3 is 0 Å². The number of H-pyrrole nitrogens is 1. The van der Waals surface area contributed by atoms with Crippen molar-refractivity contribution >= 4 is 5.82 Å². The first-order chi connectivity index (χ1) is 9.45. The molecule has 1 aliphatic heterocycles. The Kier molecular flexibility index (Phi) is 2.81. The molecule has 0 bridgehead atoms. The van der Waals surface area contributed by atoms with Crippen LogP contribution >= 0.6 is 0 Å². The van der Waals surface area contributed by atoms with E-state index in [1.165, 1.54) is 13.8 Å². The number of rotatable bonds is 2. The van der Waals surface area contributed by atoms with Crippen molar-refractivity contribution in [3.05, 3.63) is 23.8 Å². The minimum absolute atomic E-state index is 0.359. The molecule has 0 saturated heterocycles. The Morgan fingerprint density at radius 3 is 2.40 bits per heavy atom. The van der Waals surface area contributed by atoms with Crippen LogP contribution < -0.4 is 15.2 Å². The van der Waals surface area contributed by atoms with E-state index in [0.29, 0.717) is 47.4 Å². The maximum atomic E-state index is 14.5. The summed E-state index contributed by atoms with van der Waals surface area (Å²) < 4.78 is 25.5. The van der Waals surface area contributed by atoms with E-state index in [9.17, 15) is 4.39 Å². The highest BCUT2D eigenvalue weighted by Gasteiger charge is 2.27. The Morgan fingerprint density at radius 1 is 1.20 bits per heavy atom. The molecule has 3 N–H and O–H groups in total. The Morgan fingerprint density at radius 2 is 1.85 bits per heavy atom. The maximum absolute atomic E-state index is 14.5. The molecular weight excluding hydrogens is 261 g/mol. The Labute approximate surface area is 115 Å². The standard InChI is InChI=1S/C14H16FN3O2/c1-14(2,15)9-6-12-11(19-3-4-20-12)5-8(9)10-7-13(16)18-17-10/h5-7H,3-4H2,1-2H3,(H3,16,17,18). The van der Waals surface area contributed by atoms with Crippen LogP contribution in [-0.4, -0.2) is 23.4 Å². The number of ether oxygens (including phenoxy) is 2. The molecule has 0 saturated carbocycles. The van der Waals surface area contributed by atoms with Crippen LogP contribution in [0.4, 0.5) is 10.2 Å². The lowest BCUT2D eigenvalue weighted by Gasteiger charge is -2.24. The van der Waals surface area contributed by atoms with Crippen molar-refractivity contribution in [3.8, 4) is 22.8 Å². The summed E-state index contributed by atoms with van der Waals surface area (Å²) in [4.78, 5) is 0. The van der Waals surface area contributed by atoms with Gasteiger partial charge in [0.1, 0.15) is 24.7 Å². The second kappa shape index (κ2) is 4.40. The number of aromatic nitrogens is 2. The molecule has 2 heterocycles. The molecule has 0 radical (unpaired) electrons. The number of nitrogens with one attached hydrogen (secondary N) is 1. The first-order valence-electron chi connectivity index (χ1n) is 6.39. The third kappa shape index (κ3) is 2.17. The molecule has 106 valence electrons. The van der Waals surface area contributed by atoms with E-state index in [4.69, 9.17) is 15.2 Å². The van der Waals surface area contributed by atoms with Crippen LogP contribution in [0, 0.1) is 0 Å². The van der Waals surface area contributed by atoms with Crippen molar-refractivity contribution in [1.82, 2.24) is 10.2 Å². The quantitative estimate of drug-likeness (QED) is 0.885. The number of alkyl halides is 1. The average Bonchev–Trinajstić information content (AvgIpc) is 2.83. The Hall–Kier alpha value is -2.24. The van der Waals surface area contributed by atoms with Gasteiger partial charge in [0.2, 0.25) is 0 Å². The number of hydrogen-bond acceptors (Lipinski definition) is 4.